The molecule has 0 aromatic heterocycles. The fraction of sp³-hybridized carbons (Fsp3) is 0.417. The lowest BCUT2D eigenvalue weighted by atomic mass is 9.85. The molecule has 6 nitrogen and oxygen atoms in total. The normalized spacial score (nSPS) is 21.0. The average Bonchev–Trinajstić information content (AvgIpc) is 2.75. The molecule has 0 saturated carbocycles. The van der Waals surface area contributed by atoms with E-state index in [0.29, 0.717) is 23.7 Å². The second kappa shape index (κ2) is 10.4. The van der Waals surface area contributed by atoms with Gasteiger partial charge in [0, 0.05) is 18.3 Å². The van der Waals surface area contributed by atoms with Gasteiger partial charge in [-0.25, -0.2) is 9.18 Å². The zero-order valence-corrected chi connectivity index (χ0v) is 17.9. The molecule has 1 aliphatic heterocycles. The summed E-state index contributed by atoms with van der Waals surface area (Å²) >= 11 is 0. The number of hydrogen-bond acceptors (Lipinski definition) is 4. The molecule has 4 atom stereocenters. The summed E-state index contributed by atoms with van der Waals surface area (Å²) < 4.78 is 13.2. The number of hydrogen-bond donors (Lipinski definition) is 3. The highest BCUT2D eigenvalue weighted by molar-refractivity contribution is 5.89. The third kappa shape index (κ3) is 6.27. The largest absolute Gasteiger partial charge is 0.390 e. The molecule has 0 bridgehead atoms. The van der Waals surface area contributed by atoms with E-state index in [4.69, 9.17) is 5.26 Å². The minimum Gasteiger partial charge on any atom is -0.390 e. The van der Waals surface area contributed by atoms with Crippen molar-refractivity contribution >= 4 is 11.7 Å². The molecule has 164 valence electrons. The molecule has 1 saturated heterocycles. The molecule has 2 amide bonds. The van der Waals surface area contributed by atoms with Crippen LogP contribution in [0.3, 0.4) is 0 Å². The van der Waals surface area contributed by atoms with Gasteiger partial charge in [0.2, 0.25) is 0 Å². The Morgan fingerprint density at radius 1 is 1.32 bits per heavy atom. The van der Waals surface area contributed by atoms with Crippen LogP contribution in [0.15, 0.2) is 48.5 Å². The van der Waals surface area contributed by atoms with E-state index in [-0.39, 0.29) is 11.9 Å². The van der Waals surface area contributed by atoms with Crippen LogP contribution < -0.4 is 10.6 Å². The van der Waals surface area contributed by atoms with Crippen molar-refractivity contribution in [3.63, 3.8) is 0 Å². The number of aliphatic hydroxyl groups excluding tert-OH is 1. The van der Waals surface area contributed by atoms with Crippen molar-refractivity contribution in [2.24, 2.45) is 0 Å². The third-order valence-corrected chi connectivity index (χ3v) is 5.96. The number of nitrogens with one attached hydrogen (secondary N) is 2. The lowest BCUT2D eigenvalue weighted by Gasteiger charge is -2.39. The molecule has 2 unspecified atom stereocenters. The molecule has 1 fully saturated rings. The number of rotatable bonds is 6. The lowest BCUT2D eigenvalue weighted by Crippen LogP contribution is -2.51. The van der Waals surface area contributed by atoms with Crippen molar-refractivity contribution in [1.82, 2.24) is 10.2 Å². The summed E-state index contributed by atoms with van der Waals surface area (Å²) in [6, 6.07) is 14.8. The first-order chi connectivity index (χ1) is 14.9. The maximum atomic E-state index is 13.2. The predicted molar refractivity (Wildman–Crippen MR) is 118 cm³/mol. The lowest BCUT2D eigenvalue weighted by molar-refractivity contribution is 0.0522. The number of piperidine rings is 1. The molecule has 31 heavy (non-hydrogen) atoms. The fourth-order valence-corrected chi connectivity index (χ4v) is 4.06. The molecule has 0 aliphatic carbocycles. The number of β-amino-alcohol motifs (C(OH)–C–C–N with tert-alkyl or cyclic N) is 1. The van der Waals surface area contributed by atoms with Gasteiger partial charge in [0.1, 0.15) is 5.82 Å². The van der Waals surface area contributed by atoms with E-state index >= 15 is 0 Å². The number of amides is 2. The summed E-state index contributed by atoms with van der Waals surface area (Å²) in [5.41, 5.74) is 2.14. The van der Waals surface area contributed by atoms with Gasteiger partial charge in [0.05, 0.1) is 23.8 Å². The molecule has 0 radical (unpaired) electrons. The van der Waals surface area contributed by atoms with Gasteiger partial charge in [-0.2, -0.15) is 5.26 Å². The van der Waals surface area contributed by atoms with Crippen LogP contribution in [0.1, 0.15) is 43.7 Å². The molecule has 1 heterocycles. The number of urea groups is 1. The first-order valence-corrected chi connectivity index (χ1v) is 10.6. The van der Waals surface area contributed by atoms with E-state index in [1.807, 2.05) is 18.2 Å². The minimum atomic E-state index is -0.721. The number of likely N-dealkylation sites (tertiary alicyclic amines) is 1. The number of carbonyl (C=O) groups excluding carboxylic acids is 1. The quantitative estimate of drug-likeness (QED) is 0.658. The Bertz CT molecular complexity index is 928. The number of anilines is 1. The SMILES string of the molecule is CC1CC(c2ccc(F)cc2)CCN1C[C@H](O)[C@H](C)NC(=O)Nc1cccc(C#N)c1. The van der Waals surface area contributed by atoms with Gasteiger partial charge in [0.25, 0.3) is 0 Å². The Morgan fingerprint density at radius 3 is 2.74 bits per heavy atom. The van der Waals surface area contributed by atoms with E-state index in [2.05, 4.69) is 22.5 Å². The highest BCUT2D eigenvalue weighted by atomic mass is 19.1. The maximum absolute atomic E-state index is 13.2. The number of carbonyl (C=O) groups is 1. The zero-order chi connectivity index (χ0) is 22.4. The first kappa shape index (κ1) is 22.7. The van der Waals surface area contributed by atoms with E-state index in [9.17, 15) is 14.3 Å². The van der Waals surface area contributed by atoms with Gasteiger partial charge < -0.3 is 15.7 Å². The molecule has 3 N–H and O–H groups in total. The van der Waals surface area contributed by atoms with Gasteiger partial charge in [-0.15, -0.1) is 0 Å². The Labute approximate surface area is 182 Å². The van der Waals surface area contributed by atoms with Crippen LogP contribution in [0.4, 0.5) is 14.9 Å². The van der Waals surface area contributed by atoms with Crippen LogP contribution in [-0.4, -0.2) is 47.3 Å². The molecule has 1 aliphatic rings. The molecule has 0 spiro atoms. The molecule has 3 rings (SSSR count). The molecule has 7 heteroatoms. The third-order valence-electron chi connectivity index (χ3n) is 5.96. The predicted octanol–water partition coefficient (Wildman–Crippen LogP) is 3.84. The number of benzene rings is 2. The van der Waals surface area contributed by atoms with Gasteiger partial charge in [-0.3, -0.25) is 4.90 Å². The summed E-state index contributed by atoms with van der Waals surface area (Å²) in [5.74, 6) is 0.162. The Kier molecular flexibility index (Phi) is 7.61. The van der Waals surface area contributed by atoms with E-state index in [1.54, 1.807) is 31.2 Å². The fourth-order valence-electron chi connectivity index (χ4n) is 4.06. The molecular formula is C24H29FN4O2. The van der Waals surface area contributed by atoms with E-state index in [0.717, 1.165) is 24.9 Å². The molecule has 2 aromatic carbocycles. The van der Waals surface area contributed by atoms with E-state index < -0.39 is 18.2 Å². The van der Waals surface area contributed by atoms with Crippen molar-refractivity contribution in [2.75, 3.05) is 18.4 Å². The minimum absolute atomic E-state index is 0.222. The monoisotopic (exact) mass is 424 g/mol. The van der Waals surface area contributed by atoms with Gasteiger partial charge in [-0.1, -0.05) is 18.2 Å². The zero-order valence-electron chi connectivity index (χ0n) is 17.9. The van der Waals surface area contributed by atoms with Crippen LogP contribution in [0.25, 0.3) is 0 Å². The van der Waals surface area contributed by atoms with Gasteiger partial charge in [-0.05, 0) is 75.0 Å². The smallest absolute Gasteiger partial charge is 0.319 e. The molecular weight excluding hydrogens is 395 g/mol. The van der Waals surface area contributed by atoms with Crippen molar-refractivity contribution in [3.8, 4) is 6.07 Å². The number of halogens is 1. The van der Waals surface area contributed by atoms with Crippen LogP contribution in [0, 0.1) is 17.1 Å². The van der Waals surface area contributed by atoms with Crippen LogP contribution in [0.5, 0.6) is 0 Å². The second-order valence-corrected chi connectivity index (χ2v) is 8.26. The summed E-state index contributed by atoms with van der Waals surface area (Å²) in [4.78, 5) is 14.5. The van der Waals surface area contributed by atoms with Crippen molar-refractivity contribution < 1.29 is 14.3 Å². The standard InChI is InChI=1S/C24H29FN4O2/c1-16-12-20(19-6-8-21(25)9-7-19)10-11-29(16)15-23(30)17(2)27-24(31)28-22-5-3-4-18(13-22)14-26/h3-9,13,16-17,20,23,30H,10-12,15H2,1-2H3,(H2,27,28,31)/t16?,17-,20?,23-/m0/s1. The van der Waals surface area contributed by atoms with Crippen molar-refractivity contribution in [1.29, 1.82) is 5.26 Å². The van der Waals surface area contributed by atoms with Crippen molar-refractivity contribution in [3.05, 3.63) is 65.5 Å². The highest BCUT2D eigenvalue weighted by Gasteiger charge is 2.29. The second-order valence-electron chi connectivity index (χ2n) is 8.26. The van der Waals surface area contributed by atoms with E-state index in [1.165, 1.54) is 12.1 Å². The van der Waals surface area contributed by atoms with Gasteiger partial charge >= 0.3 is 6.03 Å². The Hall–Kier alpha value is -2.95. The summed E-state index contributed by atoms with van der Waals surface area (Å²) in [6.45, 7) is 5.20. The number of aliphatic hydroxyl groups is 1. The highest BCUT2D eigenvalue weighted by Crippen LogP contribution is 2.31. The Balaban J connectivity index is 1.48. The topological polar surface area (TPSA) is 88.4 Å². The van der Waals surface area contributed by atoms with Gasteiger partial charge in [0.15, 0.2) is 0 Å². The van der Waals surface area contributed by atoms with Crippen molar-refractivity contribution in [2.45, 2.75) is 50.8 Å². The summed E-state index contributed by atoms with van der Waals surface area (Å²) in [7, 11) is 0. The van der Waals surface area contributed by atoms with Crippen LogP contribution in [-0.2, 0) is 0 Å². The van der Waals surface area contributed by atoms with Crippen LogP contribution in [0.2, 0.25) is 0 Å². The summed E-state index contributed by atoms with van der Waals surface area (Å²) in [5, 5.41) is 25.0. The molecule has 2 aromatic rings. The number of nitriles is 1. The summed E-state index contributed by atoms with van der Waals surface area (Å²) in [6.07, 6.45) is 1.16. The maximum Gasteiger partial charge on any atom is 0.319 e. The number of nitrogens with zero attached hydrogens (tertiary/aromatic N) is 2. The van der Waals surface area contributed by atoms with Crippen LogP contribution >= 0.6 is 0 Å². The average molecular weight is 425 g/mol. The Morgan fingerprint density at radius 2 is 2.06 bits per heavy atom. The first-order valence-electron chi connectivity index (χ1n) is 10.6.